The molecular weight excluding hydrogens is 346 g/mol. The Morgan fingerprint density at radius 1 is 1.26 bits per heavy atom. The van der Waals surface area contributed by atoms with E-state index in [-0.39, 0.29) is 29.7 Å². The fraction of sp³-hybridized carbons (Fsp3) is 0.650. The van der Waals surface area contributed by atoms with Crippen LogP contribution in [-0.4, -0.2) is 65.8 Å². The van der Waals surface area contributed by atoms with Gasteiger partial charge < -0.3 is 20.1 Å². The van der Waals surface area contributed by atoms with Crippen molar-refractivity contribution in [3.05, 3.63) is 30.1 Å². The highest BCUT2D eigenvalue weighted by Crippen LogP contribution is 2.28. The number of carbonyl (C=O) groups excluding carboxylic acids is 2. The van der Waals surface area contributed by atoms with Gasteiger partial charge in [0.1, 0.15) is 0 Å². The number of nitrogens with one attached hydrogen (secondary N) is 1. The normalized spacial score (nSPS) is 25.9. The molecule has 1 saturated heterocycles. The Kier molecular flexibility index (Phi) is 6.79. The van der Waals surface area contributed by atoms with Crippen LogP contribution in [0, 0.1) is 11.8 Å². The summed E-state index contributed by atoms with van der Waals surface area (Å²) >= 11 is 0. The van der Waals surface area contributed by atoms with Gasteiger partial charge in [-0.25, -0.2) is 0 Å². The van der Waals surface area contributed by atoms with Gasteiger partial charge in [0.2, 0.25) is 11.8 Å². The van der Waals surface area contributed by atoms with Crippen LogP contribution in [0.1, 0.15) is 31.4 Å². The largest absolute Gasteiger partial charge is 0.391 e. The van der Waals surface area contributed by atoms with E-state index in [2.05, 4.69) is 10.3 Å². The fourth-order valence-corrected chi connectivity index (χ4v) is 3.88. The first-order chi connectivity index (χ1) is 13.0. The molecule has 0 aromatic carbocycles. The van der Waals surface area contributed by atoms with Crippen molar-refractivity contribution >= 4 is 11.8 Å². The highest BCUT2D eigenvalue weighted by atomic mass is 16.5. The minimum Gasteiger partial charge on any atom is -0.391 e. The van der Waals surface area contributed by atoms with Crippen LogP contribution >= 0.6 is 0 Å². The van der Waals surface area contributed by atoms with E-state index in [1.807, 2.05) is 18.2 Å². The van der Waals surface area contributed by atoms with Gasteiger partial charge in [-0.05, 0) is 37.8 Å². The van der Waals surface area contributed by atoms with Crippen LogP contribution < -0.4 is 5.32 Å². The summed E-state index contributed by atoms with van der Waals surface area (Å²) in [6.07, 6.45) is 4.08. The first-order valence-corrected chi connectivity index (χ1v) is 9.75. The lowest BCUT2D eigenvalue weighted by Crippen LogP contribution is -2.44. The molecule has 2 aliphatic rings. The molecule has 148 valence electrons. The molecule has 1 saturated carbocycles. The molecule has 1 aliphatic carbocycles. The summed E-state index contributed by atoms with van der Waals surface area (Å²) in [4.78, 5) is 31.1. The molecule has 1 aliphatic heterocycles. The zero-order valence-electron chi connectivity index (χ0n) is 15.8. The average molecular weight is 375 g/mol. The summed E-state index contributed by atoms with van der Waals surface area (Å²) in [5.41, 5.74) is 0.949. The van der Waals surface area contributed by atoms with E-state index in [0.29, 0.717) is 51.9 Å². The lowest BCUT2D eigenvalue weighted by Gasteiger charge is -2.24. The fourth-order valence-electron chi connectivity index (χ4n) is 3.88. The number of pyridine rings is 1. The number of hydrogen-bond acceptors (Lipinski definition) is 5. The van der Waals surface area contributed by atoms with Gasteiger partial charge in [0.25, 0.3) is 0 Å². The molecule has 2 heterocycles. The van der Waals surface area contributed by atoms with Crippen molar-refractivity contribution in [1.82, 2.24) is 15.2 Å². The first-order valence-electron chi connectivity index (χ1n) is 9.75. The molecule has 7 heteroatoms. The molecule has 3 atom stereocenters. The van der Waals surface area contributed by atoms with Crippen LogP contribution in [0.15, 0.2) is 24.4 Å². The molecular formula is C20H29N3O4. The summed E-state index contributed by atoms with van der Waals surface area (Å²) in [5.74, 6) is -0.317. The van der Waals surface area contributed by atoms with Crippen molar-refractivity contribution in [1.29, 1.82) is 0 Å². The SMILES string of the molecule is CN(CCc1ccccn1)C(=O)[C@H]1C[C@H](NC(=O)C2CCOCC2)[C@@H](O)C1. The van der Waals surface area contributed by atoms with Crippen molar-refractivity contribution < 1.29 is 19.4 Å². The Labute approximate surface area is 160 Å². The second-order valence-electron chi connectivity index (χ2n) is 7.57. The number of rotatable bonds is 6. The molecule has 3 rings (SSSR count). The standard InChI is InChI=1S/C20H29N3O4/c1-23(9-5-16-4-2-3-8-21-16)20(26)15-12-17(18(24)13-15)22-19(25)14-6-10-27-11-7-14/h2-4,8,14-15,17-18,24H,5-7,9-13H2,1H3,(H,22,25)/t15-,17-,18-/m0/s1. The van der Waals surface area contributed by atoms with Gasteiger partial charge in [-0.2, -0.15) is 0 Å². The van der Waals surface area contributed by atoms with Crippen LogP contribution in [0.4, 0.5) is 0 Å². The number of aliphatic hydroxyl groups excluding tert-OH is 1. The van der Waals surface area contributed by atoms with E-state index < -0.39 is 6.10 Å². The third kappa shape index (κ3) is 5.26. The number of nitrogens with zero attached hydrogens (tertiary/aromatic N) is 2. The molecule has 0 radical (unpaired) electrons. The molecule has 2 fully saturated rings. The minimum absolute atomic E-state index is 0.0211. The van der Waals surface area contributed by atoms with E-state index in [9.17, 15) is 14.7 Å². The zero-order valence-corrected chi connectivity index (χ0v) is 15.8. The number of aliphatic hydroxyl groups is 1. The van der Waals surface area contributed by atoms with Crippen molar-refractivity contribution in [2.24, 2.45) is 11.8 Å². The Morgan fingerprint density at radius 3 is 2.74 bits per heavy atom. The Morgan fingerprint density at radius 2 is 2.04 bits per heavy atom. The van der Waals surface area contributed by atoms with Gasteiger partial charge in [0, 0.05) is 57.0 Å². The topological polar surface area (TPSA) is 91.8 Å². The van der Waals surface area contributed by atoms with Gasteiger partial charge >= 0.3 is 0 Å². The smallest absolute Gasteiger partial charge is 0.225 e. The van der Waals surface area contributed by atoms with E-state index in [4.69, 9.17) is 4.74 Å². The maximum absolute atomic E-state index is 12.7. The molecule has 2 N–H and O–H groups in total. The Balaban J connectivity index is 1.47. The maximum atomic E-state index is 12.7. The van der Waals surface area contributed by atoms with Crippen LogP contribution in [-0.2, 0) is 20.7 Å². The molecule has 1 aromatic heterocycles. The van der Waals surface area contributed by atoms with Crippen molar-refractivity contribution in [2.45, 2.75) is 44.2 Å². The van der Waals surface area contributed by atoms with Crippen LogP contribution in [0.25, 0.3) is 0 Å². The molecule has 2 amide bonds. The van der Waals surface area contributed by atoms with Gasteiger partial charge in [-0.15, -0.1) is 0 Å². The monoisotopic (exact) mass is 375 g/mol. The summed E-state index contributed by atoms with van der Waals surface area (Å²) in [6.45, 7) is 1.79. The lowest BCUT2D eigenvalue weighted by atomic mass is 9.98. The minimum atomic E-state index is -0.674. The van der Waals surface area contributed by atoms with Crippen LogP contribution in [0.3, 0.4) is 0 Å². The molecule has 27 heavy (non-hydrogen) atoms. The molecule has 1 aromatic rings. The number of amides is 2. The van der Waals surface area contributed by atoms with Crippen LogP contribution in [0.5, 0.6) is 0 Å². The Bertz CT molecular complexity index is 633. The number of hydrogen-bond donors (Lipinski definition) is 2. The van der Waals surface area contributed by atoms with E-state index in [1.165, 1.54) is 0 Å². The quantitative estimate of drug-likeness (QED) is 0.766. The van der Waals surface area contributed by atoms with Crippen molar-refractivity contribution in [3.63, 3.8) is 0 Å². The van der Waals surface area contributed by atoms with Gasteiger partial charge in [0.05, 0.1) is 12.1 Å². The average Bonchev–Trinajstić information content (AvgIpc) is 3.07. The van der Waals surface area contributed by atoms with Gasteiger partial charge in [0.15, 0.2) is 0 Å². The highest BCUT2D eigenvalue weighted by Gasteiger charge is 2.39. The number of ether oxygens (including phenoxy) is 1. The predicted molar refractivity (Wildman–Crippen MR) is 99.8 cm³/mol. The third-order valence-electron chi connectivity index (χ3n) is 5.60. The molecule has 7 nitrogen and oxygen atoms in total. The van der Waals surface area contributed by atoms with E-state index >= 15 is 0 Å². The van der Waals surface area contributed by atoms with Crippen molar-refractivity contribution in [2.75, 3.05) is 26.8 Å². The molecule has 0 bridgehead atoms. The predicted octanol–water partition coefficient (Wildman–Crippen LogP) is 0.765. The first kappa shape index (κ1) is 19.8. The summed E-state index contributed by atoms with van der Waals surface area (Å²) in [7, 11) is 1.78. The van der Waals surface area contributed by atoms with Crippen LogP contribution in [0.2, 0.25) is 0 Å². The lowest BCUT2D eigenvalue weighted by molar-refractivity contribution is -0.134. The highest BCUT2D eigenvalue weighted by molar-refractivity contribution is 5.81. The second kappa shape index (κ2) is 9.28. The number of likely N-dealkylation sites (N-methyl/N-ethyl adjacent to an activating group) is 1. The zero-order chi connectivity index (χ0) is 19.2. The molecule has 0 unspecified atom stereocenters. The van der Waals surface area contributed by atoms with E-state index in [1.54, 1.807) is 18.1 Å². The van der Waals surface area contributed by atoms with Gasteiger partial charge in [-0.1, -0.05) is 6.07 Å². The summed E-state index contributed by atoms with van der Waals surface area (Å²) in [6, 6.07) is 5.40. The summed E-state index contributed by atoms with van der Waals surface area (Å²) in [5, 5.41) is 13.3. The Hall–Kier alpha value is -1.99. The summed E-state index contributed by atoms with van der Waals surface area (Å²) < 4.78 is 5.29. The second-order valence-corrected chi connectivity index (χ2v) is 7.57. The number of carbonyl (C=O) groups is 2. The third-order valence-corrected chi connectivity index (χ3v) is 5.60. The van der Waals surface area contributed by atoms with Gasteiger partial charge in [-0.3, -0.25) is 14.6 Å². The number of aromatic nitrogens is 1. The van der Waals surface area contributed by atoms with Crippen molar-refractivity contribution in [3.8, 4) is 0 Å². The molecule has 0 spiro atoms. The maximum Gasteiger partial charge on any atom is 0.225 e. The van der Waals surface area contributed by atoms with E-state index in [0.717, 1.165) is 5.69 Å².